The van der Waals surface area contributed by atoms with Crippen LogP contribution < -0.4 is 0 Å². The number of likely N-dealkylation sites (tertiary alicyclic amines) is 1. The molecule has 1 heterocycles. The fourth-order valence-corrected chi connectivity index (χ4v) is 2.90. The van der Waals surface area contributed by atoms with Gasteiger partial charge in [-0.25, -0.2) is 0 Å². The molecule has 0 aromatic heterocycles. The Morgan fingerprint density at radius 1 is 1.29 bits per heavy atom. The molecule has 0 aliphatic carbocycles. The number of carboxylic acids is 1. The first-order chi connectivity index (χ1) is 9.63. The van der Waals surface area contributed by atoms with Gasteiger partial charge in [-0.05, 0) is 65.2 Å². The van der Waals surface area contributed by atoms with Crippen LogP contribution in [0.5, 0.6) is 0 Å². The van der Waals surface area contributed by atoms with Crippen LogP contribution in [0.4, 0.5) is 0 Å². The third-order valence-electron chi connectivity index (χ3n) is 4.12. The van der Waals surface area contributed by atoms with Crippen LogP contribution in [0.2, 0.25) is 0 Å². The van der Waals surface area contributed by atoms with E-state index in [0.717, 1.165) is 39.0 Å². The largest absolute Gasteiger partial charge is 0.480 e. The minimum atomic E-state index is -0.730. The second-order valence-corrected chi connectivity index (χ2v) is 5.79. The molecule has 1 aliphatic rings. The zero-order chi connectivity index (χ0) is 14.8. The van der Waals surface area contributed by atoms with E-state index in [1.807, 2.05) is 11.9 Å². The summed E-state index contributed by atoms with van der Waals surface area (Å²) in [5, 5.41) is 8.86. The Bertz CT molecular complexity index is 280. The Morgan fingerprint density at radius 2 is 2.05 bits per heavy atom. The molecule has 5 nitrogen and oxygen atoms in total. The topological polar surface area (TPSA) is 53.0 Å². The number of carbonyl (C=O) groups is 1. The quantitative estimate of drug-likeness (QED) is 0.659. The van der Waals surface area contributed by atoms with Crippen LogP contribution in [0.3, 0.4) is 0 Å². The first-order valence-corrected chi connectivity index (χ1v) is 7.77. The van der Waals surface area contributed by atoms with E-state index in [9.17, 15) is 4.79 Å². The molecule has 0 saturated carbocycles. The number of ether oxygens (including phenoxy) is 1. The zero-order valence-corrected chi connectivity index (χ0v) is 14.2. The number of aliphatic carboxylic acids is 1. The van der Waals surface area contributed by atoms with Crippen LogP contribution >= 0.6 is 12.4 Å². The van der Waals surface area contributed by atoms with Gasteiger partial charge in [-0.1, -0.05) is 0 Å². The van der Waals surface area contributed by atoms with Gasteiger partial charge in [0.1, 0.15) is 0 Å². The molecule has 0 radical (unpaired) electrons. The van der Waals surface area contributed by atoms with Crippen molar-refractivity contribution in [3.8, 4) is 0 Å². The number of halogens is 1. The number of carboxylic acid groups (broad SMARTS) is 1. The molecular weight excluding hydrogens is 292 g/mol. The first kappa shape index (κ1) is 20.6. The van der Waals surface area contributed by atoms with Gasteiger partial charge in [-0.2, -0.15) is 0 Å². The summed E-state index contributed by atoms with van der Waals surface area (Å²) in [4.78, 5) is 15.3. The Balaban J connectivity index is 0.00000400. The van der Waals surface area contributed by atoms with E-state index in [0.29, 0.717) is 6.04 Å². The summed E-state index contributed by atoms with van der Waals surface area (Å²) >= 11 is 0. The van der Waals surface area contributed by atoms with E-state index in [-0.39, 0.29) is 19.0 Å². The summed E-state index contributed by atoms with van der Waals surface area (Å²) in [6.45, 7) is 4.43. The monoisotopic (exact) mass is 322 g/mol. The third kappa shape index (κ3) is 9.30. The standard InChI is InChI=1S/C15H30N2O3.ClH/c1-16(13-15(18)19)14-7-6-10-17(11-8-14)9-4-3-5-12-20-2;/h14H,3-13H2,1-2H3,(H,18,19);1H. The third-order valence-corrected chi connectivity index (χ3v) is 4.12. The summed E-state index contributed by atoms with van der Waals surface area (Å²) in [6, 6.07) is 0.421. The van der Waals surface area contributed by atoms with Crippen LogP contribution in [0.1, 0.15) is 38.5 Å². The number of nitrogens with zero attached hydrogens (tertiary/aromatic N) is 2. The first-order valence-electron chi connectivity index (χ1n) is 7.77. The van der Waals surface area contributed by atoms with Crippen LogP contribution in [0.15, 0.2) is 0 Å². The normalized spacial score (nSPS) is 20.0. The SMILES string of the molecule is COCCCCCN1CCCC(N(C)CC(=O)O)CC1.Cl. The van der Waals surface area contributed by atoms with Crippen LogP contribution in [0, 0.1) is 0 Å². The maximum atomic E-state index is 10.8. The predicted octanol–water partition coefficient (Wildman–Crippen LogP) is 2.10. The highest BCUT2D eigenvalue weighted by atomic mass is 35.5. The number of likely N-dealkylation sites (N-methyl/N-ethyl adjacent to an activating group) is 1. The van der Waals surface area contributed by atoms with Gasteiger partial charge in [0.2, 0.25) is 0 Å². The molecule has 1 fully saturated rings. The number of hydrogen-bond acceptors (Lipinski definition) is 4. The van der Waals surface area contributed by atoms with Crippen molar-refractivity contribution < 1.29 is 14.6 Å². The van der Waals surface area contributed by atoms with Gasteiger partial charge in [-0.15, -0.1) is 12.4 Å². The van der Waals surface area contributed by atoms with Gasteiger partial charge in [0, 0.05) is 19.8 Å². The molecule has 1 saturated heterocycles. The van der Waals surface area contributed by atoms with Crippen molar-refractivity contribution >= 4 is 18.4 Å². The smallest absolute Gasteiger partial charge is 0.317 e. The van der Waals surface area contributed by atoms with Crippen molar-refractivity contribution in [3.05, 3.63) is 0 Å². The summed E-state index contributed by atoms with van der Waals surface area (Å²) in [6.07, 6.45) is 6.98. The van der Waals surface area contributed by atoms with Gasteiger partial charge < -0.3 is 14.7 Å². The second kappa shape index (κ2) is 12.2. The van der Waals surface area contributed by atoms with Crippen molar-refractivity contribution in [2.24, 2.45) is 0 Å². The van der Waals surface area contributed by atoms with E-state index >= 15 is 0 Å². The molecule has 126 valence electrons. The van der Waals surface area contributed by atoms with E-state index in [1.54, 1.807) is 7.11 Å². The summed E-state index contributed by atoms with van der Waals surface area (Å²) in [5.41, 5.74) is 0. The van der Waals surface area contributed by atoms with Crippen molar-refractivity contribution in [2.45, 2.75) is 44.6 Å². The van der Waals surface area contributed by atoms with E-state index < -0.39 is 5.97 Å². The molecular formula is C15H31ClN2O3. The van der Waals surface area contributed by atoms with Crippen molar-refractivity contribution in [2.75, 3.05) is 46.9 Å². The van der Waals surface area contributed by atoms with Crippen molar-refractivity contribution in [1.29, 1.82) is 0 Å². The highest BCUT2D eigenvalue weighted by Crippen LogP contribution is 2.16. The Labute approximate surface area is 135 Å². The molecule has 0 spiro atoms. The summed E-state index contributed by atoms with van der Waals surface area (Å²) < 4.78 is 5.06. The predicted molar refractivity (Wildman–Crippen MR) is 87.3 cm³/mol. The maximum absolute atomic E-state index is 10.8. The fourth-order valence-electron chi connectivity index (χ4n) is 2.90. The lowest BCUT2D eigenvalue weighted by Gasteiger charge is -2.25. The molecule has 1 rings (SSSR count). The minimum absolute atomic E-state index is 0. The lowest BCUT2D eigenvalue weighted by molar-refractivity contribution is -0.138. The molecule has 1 N–H and O–H groups in total. The number of methoxy groups -OCH3 is 1. The molecule has 6 heteroatoms. The Hall–Kier alpha value is -0.360. The van der Waals surface area contributed by atoms with Gasteiger partial charge in [0.15, 0.2) is 0 Å². The lowest BCUT2D eigenvalue weighted by Crippen LogP contribution is -2.36. The average molecular weight is 323 g/mol. The molecule has 0 aromatic rings. The van der Waals surface area contributed by atoms with Gasteiger partial charge in [-0.3, -0.25) is 9.69 Å². The fraction of sp³-hybridized carbons (Fsp3) is 0.933. The molecule has 21 heavy (non-hydrogen) atoms. The van der Waals surface area contributed by atoms with Crippen LogP contribution in [-0.2, 0) is 9.53 Å². The van der Waals surface area contributed by atoms with Crippen LogP contribution in [0.25, 0.3) is 0 Å². The van der Waals surface area contributed by atoms with Gasteiger partial charge in [0.25, 0.3) is 0 Å². The minimum Gasteiger partial charge on any atom is -0.480 e. The highest BCUT2D eigenvalue weighted by Gasteiger charge is 2.21. The second-order valence-electron chi connectivity index (χ2n) is 5.79. The van der Waals surface area contributed by atoms with Crippen molar-refractivity contribution in [1.82, 2.24) is 9.80 Å². The molecule has 1 aliphatic heterocycles. The number of hydrogen-bond donors (Lipinski definition) is 1. The average Bonchev–Trinajstić information content (AvgIpc) is 2.63. The molecule has 0 amide bonds. The van der Waals surface area contributed by atoms with Gasteiger partial charge in [0.05, 0.1) is 6.54 Å². The number of unbranched alkanes of at least 4 members (excludes halogenated alkanes) is 2. The van der Waals surface area contributed by atoms with E-state index in [2.05, 4.69) is 4.90 Å². The van der Waals surface area contributed by atoms with Crippen LogP contribution in [-0.4, -0.2) is 73.9 Å². The lowest BCUT2D eigenvalue weighted by atomic mass is 10.1. The molecule has 0 bridgehead atoms. The molecule has 1 unspecified atom stereocenters. The summed E-state index contributed by atoms with van der Waals surface area (Å²) in [7, 11) is 3.68. The Kier molecular flexibility index (Phi) is 12.0. The van der Waals surface area contributed by atoms with Gasteiger partial charge >= 0.3 is 5.97 Å². The maximum Gasteiger partial charge on any atom is 0.317 e. The number of rotatable bonds is 9. The van der Waals surface area contributed by atoms with E-state index in [4.69, 9.17) is 9.84 Å². The summed E-state index contributed by atoms with van der Waals surface area (Å²) in [5.74, 6) is -0.730. The highest BCUT2D eigenvalue weighted by molar-refractivity contribution is 5.85. The van der Waals surface area contributed by atoms with Crippen molar-refractivity contribution in [3.63, 3.8) is 0 Å². The van der Waals surface area contributed by atoms with E-state index in [1.165, 1.54) is 25.8 Å². The Morgan fingerprint density at radius 3 is 2.71 bits per heavy atom. The zero-order valence-electron chi connectivity index (χ0n) is 13.4. The molecule has 0 aromatic carbocycles. The molecule has 1 atom stereocenters.